The monoisotopic (exact) mass is 418 g/mol. The Hall–Kier alpha value is -4.07. The Morgan fingerprint density at radius 3 is 2.71 bits per heavy atom. The van der Waals surface area contributed by atoms with E-state index in [-0.39, 0.29) is 18.0 Å². The van der Waals surface area contributed by atoms with Crippen LogP contribution in [0, 0.1) is 19.7 Å². The van der Waals surface area contributed by atoms with Crippen LogP contribution in [0.2, 0.25) is 0 Å². The summed E-state index contributed by atoms with van der Waals surface area (Å²) >= 11 is 0. The van der Waals surface area contributed by atoms with Crippen LogP contribution in [0.3, 0.4) is 0 Å². The van der Waals surface area contributed by atoms with E-state index in [1.165, 1.54) is 28.7 Å². The maximum atomic E-state index is 13.2. The minimum atomic E-state index is -0.566. The van der Waals surface area contributed by atoms with Crippen molar-refractivity contribution >= 4 is 17.7 Å². The van der Waals surface area contributed by atoms with E-state index in [9.17, 15) is 14.0 Å². The lowest BCUT2D eigenvalue weighted by molar-refractivity contribution is -0.139. The molecule has 3 heterocycles. The van der Waals surface area contributed by atoms with Gasteiger partial charge in [0.05, 0.1) is 17.1 Å². The Balaban J connectivity index is 1.47. The van der Waals surface area contributed by atoms with Crippen LogP contribution in [0.4, 0.5) is 4.39 Å². The number of ether oxygens (including phenoxy) is 1. The highest BCUT2D eigenvalue weighted by atomic mass is 19.1. The van der Waals surface area contributed by atoms with E-state index in [0.29, 0.717) is 11.3 Å². The third-order valence-electron chi connectivity index (χ3n) is 4.79. The van der Waals surface area contributed by atoms with Crippen LogP contribution in [0.15, 0.2) is 65.6 Å². The molecule has 0 aliphatic carbocycles. The number of carbonyl (C=O) groups excluding carboxylic acids is 1. The van der Waals surface area contributed by atoms with E-state index in [4.69, 9.17) is 4.74 Å². The summed E-state index contributed by atoms with van der Waals surface area (Å²) < 4.78 is 21.5. The fourth-order valence-corrected chi connectivity index (χ4v) is 3.25. The Morgan fingerprint density at radius 2 is 1.94 bits per heavy atom. The summed E-state index contributed by atoms with van der Waals surface area (Å²) in [5.74, 6) is -0.889. The molecule has 0 aliphatic heterocycles. The Labute approximate surface area is 177 Å². The molecule has 4 aromatic rings. The molecule has 0 bridgehead atoms. The largest absolute Gasteiger partial charge is 0.456 e. The summed E-state index contributed by atoms with van der Waals surface area (Å²) in [6, 6.07) is 12.6. The fourth-order valence-electron chi connectivity index (χ4n) is 3.25. The standard InChI is InChI=1S/C23H19FN4O3/c1-15-20(16(2)28(26-15)19-8-6-17(24)7-9-19)10-11-23(30)31-14-18-13-22(29)27-12-4-3-5-21(27)25-18/h3-13H,14H2,1-2H3/b11-10+. The molecule has 7 nitrogen and oxygen atoms in total. The van der Waals surface area contributed by atoms with Gasteiger partial charge in [0.1, 0.15) is 18.1 Å². The van der Waals surface area contributed by atoms with Crippen molar-refractivity contribution in [3.63, 3.8) is 0 Å². The summed E-state index contributed by atoms with van der Waals surface area (Å²) in [5, 5.41) is 4.46. The average molecular weight is 418 g/mol. The molecule has 31 heavy (non-hydrogen) atoms. The Morgan fingerprint density at radius 1 is 1.16 bits per heavy atom. The van der Waals surface area contributed by atoms with Crippen molar-refractivity contribution in [1.29, 1.82) is 0 Å². The fraction of sp³-hybridized carbons (Fsp3) is 0.130. The van der Waals surface area contributed by atoms with Crippen LogP contribution in [0.1, 0.15) is 22.6 Å². The first kappa shape index (κ1) is 20.2. The van der Waals surface area contributed by atoms with Gasteiger partial charge in [-0.2, -0.15) is 5.10 Å². The highest BCUT2D eigenvalue weighted by Crippen LogP contribution is 2.19. The molecule has 0 unspecified atom stereocenters. The van der Waals surface area contributed by atoms with Crippen LogP contribution in [0.5, 0.6) is 0 Å². The van der Waals surface area contributed by atoms with Gasteiger partial charge in [0.25, 0.3) is 5.56 Å². The van der Waals surface area contributed by atoms with Gasteiger partial charge in [-0.15, -0.1) is 0 Å². The first-order chi connectivity index (χ1) is 14.9. The molecule has 8 heteroatoms. The Bertz CT molecular complexity index is 1350. The average Bonchev–Trinajstić information content (AvgIpc) is 3.05. The number of nitrogens with zero attached hydrogens (tertiary/aromatic N) is 4. The molecule has 0 aliphatic rings. The van der Waals surface area contributed by atoms with Crippen molar-refractivity contribution in [3.05, 3.63) is 99.6 Å². The van der Waals surface area contributed by atoms with Crippen molar-refractivity contribution < 1.29 is 13.9 Å². The zero-order valence-electron chi connectivity index (χ0n) is 16.9. The number of halogens is 1. The van der Waals surface area contributed by atoms with Gasteiger partial charge in [-0.3, -0.25) is 9.20 Å². The highest BCUT2D eigenvalue weighted by Gasteiger charge is 2.11. The molecular weight excluding hydrogens is 399 g/mol. The maximum absolute atomic E-state index is 13.2. The minimum Gasteiger partial charge on any atom is -0.456 e. The lowest BCUT2D eigenvalue weighted by Crippen LogP contribution is -2.16. The van der Waals surface area contributed by atoms with Crippen LogP contribution in [-0.2, 0) is 16.1 Å². The zero-order chi connectivity index (χ0) is 22.0. The van der Waals surface area contributed by atoms with Crippen molar-refractivity contribution in [2.75, 3.05) is 0 Å². The summed E-state index contributed by atoms with van der Waals surface area (Å²) in [4.78, 5) is 28.6. The minimum absolute atomic E-state index is 0.114. The van der Waals surface area contributed by atoms with Crippen LogP contribution in [0.25, 0.3) is 17.4 Å². The van der Waals surface area contributed by atoms with E-state index in [1.807, 2.05) is 13.8 Å². The van der Waals surface area contributed by atoms with Gasteiger partial charge in [0.2, 0.25) is 0 Å². The SMILES string of the molecule is Cc1nn(-c2ccc(F)cc2)c(C)c1/C=C/C(=O)OCc1cc(=O)n2ccccc2n1. The molecule has 0 fully saturated rings. The molecule has 0 spiro atoms. The summed E-state index contributed by atoms with van der Waals surface area (Å²) in [5.41, 5.74) is 3.62. The quantitative estimate of drug-likeness (QED) is 0.367. The van der Waals surface area contributed by atoms with Crippen molar-refractivity contribution in [1.82, 2.24) is 19.2 Å². The van der Waals surface area contributed by atoms with Gasteiger partial charge >= 0.3 is 5.97 Å². The second-order valence-corrected chi connectivity index (χ2v) is 6.93. The third-order valence-corrected chi connectivity index (χ3v) is 4.79. The van der Waals surface area contributed by atoms with Crippen LogP contribution >= 0.6 is 0 Å². The predicted molar refractivity (Wildman–Crippen MR) is 113 cm³/mol. The molecule has 0 saturated heterocycles. The lowest BCUT2D eigenvalue weighted by Gasteiger charge is -2.05. The molecule has 3 aromatic heterocycles. The predicted octanol–water partition coefficient (Wildman–Crippen LogP) is 3.39. The number of carbonyl (C=O) groups is 1. The van der Waals surface area contributed by atoms with Crippen LogP contribution < -0.4 is 5.56 Å². The molecular formula is C23H19FN4O3. The van der Waals surface area contributed by atoms with Crippen LogP contribution in [-0.4, -0.2) is 25.1 Å². The summed E-state index contributed by atoms with van der Waals surface area (Å²) in [6.07, 6.45) is 4.56. The smallest absolute Gasteiger partial charge is 0.331 e. The first-order valence-electron chi connectivity index (χ1n) is 9.57. The Kier molecular flexibility index (Phi) is 5.44. The molecule has 0 atom stereocenters. The normalized spacial score (nSPS) is 11.3. The van der Waals surface area contributed by atoms with E-state index in [0.717, 1.165) is 22.6 Å². The lowest BCUT2D eigenvalue weighted by atomic mass is 10.2. The number of hydrogen-bond donors (Lipinski definition) is 0. The van der Waals surface area contributed by atoms with Gasteiger partial charge in [0, 0.05) is 29.6 Å². The van der Waals surface area contributed by atoms with E-state index in [2.05, 4.69) is 10.1 Å². The number of rotatable bonds is 5. The zero-order valence-corrected chi connectivity index (χ0v) is 16.9. The highest BCUT2D eigenvalue weighted by molar-refractivity contribution is 5.87. The topological polar surface area (TPSA) is 78.5 Å². The second-order valence-electron chi connectivity index (χ2n) is 6.93. The van der Waals surface area contributed by atoms with Gasteiger partial charge < -0.3 is 4.74 Å². The van der Waals surface area contributed by atoms with E-state index >= 15 is 0 Å². The number of benzene rings is 1. The summed E-state index contributed by atoms with van der Waals surface area (Å²) in [6.45, 7) is 3.57. The molecule has 0 amide bonds. The van der Waals surface area contributed by atoms with Gasteiger partial charge in [0.15, 0.2) is 0 Å². The second kappa shape index (κ2) is 8.35. The maximum Gasteiger partial charge on any atom is 0.331 e. The number of hydrogen-bond acceptors (Lipinski definition) is 5. The first-order valence-corrected chi connectivity index (χ1v) is 9.57. The molecule has 0 N–H and O–H groups in total. The number of pyridine rings is 1. The third kappa shape index (κ3) is 4.28. The molecule has 1 aromatic carbocycles. The van der Waals surface area contributed by atoms with E-state index in [1.54, 1.807) is 47.3 Å². The van der Waals surface area contributed by atoms with Gasteiger partial charge in [-0.1, -0.05) is 6.07 Å². The molecule has 156 valence electrons. The number of fused-ring (bicyclic) bond motifs is 1. The van der Waals surface area contributed by atoms with Crippen molar-refractivity contribution in [2.24, 2.45) is 0 Å². The summed E-state index contributed by atoms with van der Waals surface area (Å²) in [7, 11) is 0. The van der Waals surface area contributed by atoms with Gasteiger partial charge in [-0.25, -0.2) is 18.9 Å². The number of aromatic nitrogens is 4. The van der Waals surface area contributed by atoms with Crippen molar-refractivity contribution in [2.45, 2.75) is 20.5 Å². The number of esters is 1. The molecule has 4 rings (SSSR count). The molecule has 0 radical (unpaired) electrons. The van der Waals surface area contributed by atoms with Gasteiger partial charge in [-0.05, 0) is 56.3 Å². The van der Waals surface area contributed by atoms with Crippen molar-refractivity contribution in [3.8, 4) is 5.69 Å². The molecule has 0 saturated carbocycles. The number of aryl methyl sites for hydroxylation is 1. The van der Waals surface area contributed by atoms with E-state index < -0.39 is 5.97 Å².